The smallest absolute Gasteiger partial charge is 0.253 e. The first-order chi connectivity index (χ1) is 9.06. The average Bonchev–Trinajstić information content (AvgIpc) is 2.38. The minimum atomic E-state index is -0.181. The summed E-state index contributed by atoms with van der Waals surface area (Å²) in [5, 5.41) is 2.74. The Kier molecular flexibility index (Phi) is 3.80. The third-order valence-electron chi connectivity index (χ3n) is 2.89. The molecule has 2 N–H and O–H groups in total. The molecular formula is C15H16N2O2. The Morgan fingerprint density at radius 3 is 2.42 bits per heavy atom. The number of nitrogens with one attached hydrogen (secondary N) is 2. The van der Waals surface area contributed by atoms with Crippen LogP contribution in [-0.2, 0) is 6.54 Å². The average molecular weight is 256 g/mol. The topological polar surface area (TPSA) is 62.0 Å². The van der Waals surface area contributed by atoms with E-state index in [9.17, 15) is 9.59 Å². The molecule has 0 saturated heterocycles. The van der Waals surface area contributed by atoms with E-state index >= 15 is 0 Å². The lowest BCUT2D eigenvalue weighted by molar-refractivity contribution is 0.0951. The van der Waals surface area contributed by atoms with Gasteiger partial charge < -0.3 is 10.3 Å². The number of hydrogen-bond donors (Lipinski definition) is 2. The SMILES string of the molecule is Cc1ccc(C(=O)NCc2ccc(C)[nH]c2=O)cc1. The number of amides is 1. The fourth-order valence-corrected chi connectivity index (χ4v) is 1.72. The largest absolute Gasteiger partial charge is 0.348 e. The molecule has 19 heavy (non-hydrogen) atoms. The first kappa shape index (κ1) is 13.1. The van der Waals surface area contributed by atoms with Gasteiger partial charge >= 0.3 is 0 Å². The number of rotatable bonds is 3. The number of aromatic nitrogens is 1. The highest BCUT2D eigenvalue weighted by Gasteiger charge is 2.06. The van der Waals surface area contributed by atoms with E-state index in [2.05, 4.69) is 10.3 Å². The summed E-state index contributed by atoms with van der Waals surface area (Å²) in [5.74, 6) is -0.181. The van der Waals surface area contributed by atoms with Gasteiger partial charge in [-0.1, -0.05) is 23.8 Å². The van der Waals surface area contributed by atoms with Gasteiger partial charge in [0, 0.05) is 23.4 Å². The van der Waals surface area contributed by atoms with Crippen LogP contribution in [0.1, 0.15) is 27.2 Å². The van der Waals surface area contributed by atoms with Crippen molar-refractivity contribution in [2.45, 2.75) is 20.4 Å². The van der Waals surface area contributed by atoms with Crippen LogP contribution in [0.15, 0.2) is 41.2 Å². The van der Waals surface area contributed by atoms with E-state index in [0.29, 0.717) is 11.1 Å². The molecule has 1 aromatic carbocycles. The van der Waals surface area contributed by atoms with Crippen LogP contribution < -0.4 is 10.9 Å². The number of carbonyl (C=O) groups excluding carboxylic acids is 1. The molecule has 0 aliphatic carbocycles. The van der Waals surface area contributed by atoms with Gasteiger partial charge in [0.05, 0.1) is 0 Å². The fraction of sp³-hybridized carbons (Fsp3) is 0.200. The highest BCUT2D eigenvalue weighted by atomic mass is 16.1. The molecule has 0 aliphatic rings. The molecule has 4 nitrogen and oxygen atoms in total. The third-order valence-corrected chi connectivity index (χ3v) is 2.89. The van der Waals surface area contributed by atoms with Gasteiger partial charge in [0.25, 0.3) is 11.5 Å². The maximum Gasteiger partial charge on any atom is 0.253 e. The van der Waals surface area contributed by atoms with Crippen LogP contribution in [0.3, 0.4) is 0 Å². The number of carbonyl (C=O) groups is 1. The quantitative estimate of drug-likeness (QED) is 0.881. The van der Waals surface area contributed by atoms with Crippen LogP contribution >= 0.6 is 0 Å². The zero-order valence-corrected chi connectivity index (χ0v) is 11.0. The lowest BCUT2D eigenvalue weighted by Crippen LogP contribution is -2.26. The molecule has 0 fully saturated rings. The van der Waals surface area contributed by atoms with Crippen LogP contribution in [0.2, 0.25) is 0 Å². The van der Waals surface area contributed by atoms with Gasteiger partial charge in [-0.05, 0) is 32.0 Å². The van der Waals surface area contributed by atoms with Crippen LogP contribution in [0.5, 0.6) is 0 Å². The first-order valence-electron chi connectivity index (χ1n) is 6.10. The highest BCUT2D eigenvalue weighted by Crippen LogP contribution is 2.03. The van der Waals surface area contributed by atoms with E-state index in [1.165, 1.54) is 0 Å². The molecule has 0 unspecified atom stereocenters. The Hall–Kier alpha value is -2.36. The van der Waals surface area contributed by atoms with E-state index in [0.717, 1.165) is 11.3 Å². The molecule has 2 rings (SSSR count). The molecule has 0 atom stereocenters. The summed E-state index contributed by atoms with van der Waals surface area (Å²) in [7, 11) is 0. The summed E-state index contributed by atoms with van der Waals surface area (Å²) in [6.07, 6.45) is 0. The second-order valence-electron chi connectivity index (χ2n) is 4.54. The number of H-pyrrole nitrogens is 1. The Bertz CT molecular complexity index is 642. The molecule has 1 amide bonds. The lowest BCUT2D eigenvalue weighted by atomic mass is 10.1. The minimum Gasteiger partial charge on any atom is -0.348 e. The van der Waals surface area contributed by atoms with Crippen molar-refractivity contribution < 1.29 is 4.79 Å². The second-order valence-corrected chi connectivity index (χ2v) is 4.54. The molecule has 1 heterocycles. The van der Waals surface area contributed by atoms with Gasteiger partial charge in [0.1, 0.15) is 0 Å². The van der Waals surface area contributed by atoms with Gasteiger partial charge in [-0.2, -0.15) is 0 Å². The molecule has 0 spiro atoms. The van der Waals surface area contributed by atoms with E-state index in [4.69, 9.17) is 0 Å². The second kappa shape index (κ2) is 5.52. The Morgan fingerprint density at radius 1 is 1.11 bits per heavy atom. The summed E-state index contributed by atoms with van der Waals surface area (Å²) in [6.45, 7) is 4.01. The van der Waals surface area contributed by atoms with Crippen molar-refractivity contribution in [1.29, 1.82) is 0 Å². The summed E-state index contributed by atoms with van der Waals surface area (Å²) in [6, 6.07) is 10.8. The van der Waals surface area contributed by atoms with Crippen molar-refractivity contribution in [3.05, 3.63) is 69.1 Å². The van der Waals surface area contributed by atoms with E-state index in [1.807, 2.05) is 32.0 Å². The van der Waals surface area contributed by atoms with E-state index < -0.39 is 0 Å². The van der Waals surface area contributed by atoms with E-state index in [1.54, 1.807) is 18.2 Å². The molecule has 0 aliphatic heterocycles. The fourth-order valence-electron chi connectivity index (χ4n) is 1.72. The van der Waals surface area contributed by atoms with Gasteiger partial charge in [-0.25, -0.2) is 0 Å². The zero-order chi connectivity index (χ0) is 13.8. The van der Waals surface area contributed by atoms with Crippen LogP contribution in [0.4, 0.5) is 0 Å². The van der Waals surface area contributed by atoms with Crippen molar-refractivity contribution in [1.82, 2.24) is 10.3 Å². The Balaban J connectivity index is 2.04. The number of aryl methyl sites for hydroxylation is 2. The Morgan fingerprint density at radius 2 is 1.79 bits per heavy atom. The van der Waals surface area contributed by atoms with Gasteiger partial charge in [-0.3, -0.25) is 9.59 Å². The van der Waals surface area contributed by atoms with E-state index in [-0.39, 0.29) is 18.0 Å². The summed E-state index contributed by atoms with van der Waals surface area (Å²) in [5.41, 5.74) is 2.88. The molecule has 1 aromatic heterocycles. The molecular weight excluding hydrogens is 240 g/mol. The predicted molar refractivity (Wildman–Crippen MR) is 74.1 cm³/mol. The van der Waals surface area contributed by atoms with Crippen LogP contribution in [-0.4, -0.2) is 10.9 Å². The maximum absolute atomic E-state index is 11.9. The van der Waals surface area contributed by atoms with Crippen LogP contribution in [0.25, 0.3) is 0 Å². The molecule has 0 bridgehead atoms. The van der Waals surface area contributed by atoms with Crippen molar-refractivity contribution >= 4 is 5.91 Å². The molecule has 98 valence electrons. The van der Waals surface area contributed by atoms with Crippen molar-refractivity contribution in [3.8, 4) is 0 Å². The van der Waals surface area contributed by atoms with Gasteiger partial charge in [0.2, 0.25) is 0 Å². The highest BCUT2D eigenvalue weighted by molar-refractivity contribution is 5.94. The lowest BCUT2D eigenvalue weighted by Gasteiger charge is -2.05. The maximum atomic E-state index is 11.9. The monoisotopic (exact) mass is 256 g/mol. The van der Waals surface area contributed by atoms with Crippen molar-refractivity contribution in [3.63, 3.8) is 0 Å². The zero-order valence-electron chi connectivity index (χ0n) is 11.0. The summed E-state index contributed by atoms with van der Waals surface area (Å²) in [4.78, 5) is 26.2. The minimum absolute atomic E-state index is 0.163. The van der Waals surface area contributed by atoms with Crippen LogP contribution in [0, 0.1) is 13.8 Å². The molecule has 0 saturated carbocycles. The van der Waals surface area contributed by atoms with Crippen molar-refractivity contribution in [2.75, 3.05) is 0 Å². The first-order valence-corrected chi connectivity index (χ1v) is 6.10. The van der Waals surface area contributed by atoms with Crippen molar-refractivity contribution in [2.24, 2.45) is 0 Å². The number of aromatic amines is 1. The number of pyridine rings is 1. The predicted octanol–water partition coefficient (Wildman–Crippen LogP) is 1.92. The van der Waals surface area contributed by atoms with Gasteiger partial charge in [0.15, 0.2) is 0 Å². The number of hydrogen-bond acceptors (Lipinski definition) is 2. The molecule has 4 heteroatoms. The third kappa shape index (κ3) is 3.31. The molecule has 0 radical (unpaired) electrons. The summed E-state index contributed by atoms with van der Waals surface area (Å²) < 4.78 is 0. The Labute approximate surface area is 111 Å². The number of benzene rings is 1. The molecule has 2 aromatic rings. The normalized spacial score (nSPS) is 10.2. The van der Waals surface area contributed by atoms with Gasteiger partial charge in [-0.15, -0.1) is 0 Å². The standard InChI is InChI=1S/C15H16N2O2/c1-10-3-6-12(7-4-10)14(18)16-9-13-8-5-11(2)17-15(13)19/h3-8H,9H2,1-2H3,(H,16,18)(H,17,19). The summed E-state index contributed by atoms with van der Waals surface area (Å²) >= 11 is 0.